The third kappa shape index (κ3) is 4.35. The topological polar surface area (TPSA) is 32.3 Å². The van der Waals surface area contributed by atoms with E-state index in [-0.39, 0.29) is 6.04 Å². The molecule has 2 aliphatic rings. The number of amides is 1. The fourth-order valence-corrected chi connectivity index (χ4v) is 3.77. The van der Waals surface area contributed by atoms with Crippen molar-refractivity contribution in [3.8, 4) is 0 Å². The van der Waals surface area contributed by atoms with Crippen molar-refractivity contribution >= 4 is 5.91 Å². The predicted octanol–water partition coefficient (Wildman–Crippen LogP) is 3.77. The van der Waals surface area contributed by atoms with E-state index in [0.29, 0.717) is 18.2 Å². The van der Waals surface area contributed by atoms with Gasteiger partial charge in [0.05, 0.1) is 6.04 Å². The molecule has 1 heterocycles. The second-order valence-corrected chi connectivity index (χ2v) is 7.33. The zero-order valence-corrected chi connectivity index (χ0v) is 14.3. The van der Waals surface area contributed by atoms with Crippen molar-refractivity contribution in [2.24, 2.45) is 11.8 Å². The van der Waals surface area contributed by atoms with Crippen LogP contribution in [0.1, 0.15) is 57.1 Å². The summed E-state index contributed by atoms with van der Waals surface area (Å²) in [6.07, 6.45) is 6.88. The van der Waals surface area contributed by atoms with Gasteiger partial charge in [0.1, 0.15) is 0 Å². The average Bonchev–Trinajstić information content (AvgIpc) is 3.05. The molecule has 1 saturated carbocycles. The number of rotatable bonds is 7. The van der Waals surface area contributed by atoms with E-state index in [9.17, 15) is 4.79 Å². The molecule has 1 amide bonds. The number of carbonyl (C=O) groups excluding carboxylic acids is 1. The highest BCUT2D eigenvalue weighted by Gasteiger charge is 2.28. The lowest BCUT2D eigenvalue weighted by Crippen LogP contribution is -2.39. The Morgan fingerprint density at radius 3 is 2.61 bits per heavy atom. The van der Waals surface area contributed by atoms with Crippen LogP contribution in [-0.2, 0) is 4.79 Å². The number of benzene rings is 1. The van der Waals surface area contributed by atoms with Gasteiger partial charge < -0.3 is 10.2 Å². The molecule has 0 spiro atoms. The molecule has 3 nitrogen and oxygen atoms in total. The third-order valence-corrected chi connectivity index (χ3v) is 5.68. The van der Waals surface area contributed by atoms with Gasteiger partial charge in [0.2, 0.25) is 5.91 Å². The van der Waals surface area contributed by atoms with Gasteiger partial charge in [-0.3, -0.25) is 4.79 Å². The van der Waals surface area contributed by atoms with E-state index >= 15 is 0 Å². The molecule has 1 aromatic rings. The molecule has 23 heavy (non-hydrogen) atoms. The van der Waals surface area contributed by atoms with Crippen LogP contribution >= 0.6 is 0 Å². The van der Waals surface area contributed by atoms with Crippen LogP contribution in [0.2, 0.25) is 0 Å². The van der Waals surface area contributed by atoms with E-state index < -0.39 is 0 Å². The molecule has 3 rings (SSSR count). The van der Waals surface area contributed by atoms with Crippen molar-refractivity contribution in [2.45, 2.75) is 51.5 Å². The Morgan fingerprint density at radius 1 is 1.22 bits per heavy atom. The highest BCUT2D eigenvalue weighted by atomic mass is 16.2. The van der Waals surface area contributed by atoms with Gasteiger partial charge >= 0.3 is 0 Å². The Kier molecular flexibility index (Phi) is 5.71. The van der Waals surface area contributed by atoms with Gasteiger partial charge in [0.15, 0.2) is 0 Å². The number of nitrogens with one attached hydrogen (secondary N) is 1. The Morgan fingerprint density at radius 2 is 2.00 bits per heavy atom. The zero-order valence-electron chi connectivity index (χ0n) is 14.3. The summed E-state index contributed by atoms with van der Waals surface area (Å²) in [5, 5.41) is 3.40. The second-order valence-electron chi connectivity index (χ2n) is 7.33. The van der Waals surface area contributed by atoms with Gasteiger partial charge in [-0.15, -0.1) is 0 Å². The average molecular weight is 314 g/mol. The van der Waals surface area contributed by atoms with Crippen LogP contribution in [0.4, 0.5) is 0 Å². The van der Waals surface area contributed by atoms with Crippen LogP contribution in [0.25, 0.3) is 0 Å². The van der Waals surface area contributed by atoms with Crippen LogP contribution in [-0.4, -0.2) is 30.4 Å². The molecule has 126 valence electrons. The first-order chi connectivity index (χ1) is 11.2. The lowest BCUT2D eigenvalue weighted by atomic mass is 9.84. The third-order valence-electron chi connectivity index (χ3n) is 5.68. The molecule has 3 heteroatoms. The lowest BCUT2D eigenvalue weighted by Gasteiger charge is -2.36. The summed E-state index contributed by atoms with van der Waals surface area (Å²) in [6, 6.07) is 10.7. The Balaban J connectivity index is 1.62. The number of hydrogen-bond acceptors (Lipinski definition) is 2. The SMILES string of the molecule is CC(c1ccccc1)N(CC1CCC1)C(=O)CCC1CCNC1. The quantitative estimate of drug-likeness (QED) is 0.831. The Bertz CT molecular complexity index is 492. The summed E-state index contributed by atoms with van der Waals surface area (Å²) in [5.41, 5.74) is 1.25. The maximum absolute atomic E-state index is 12.9. The first kappa shape index (κ1) is 16.5. The van der Waals surface area contributed by atoms with Gasteiger partial charge in [0, 0.05) is 13.0 Å². The van der Waals surface area contributed by atoms with Crippen LogP contribution in [0.5, 0.6) is 0 Å². The minimum Gasteiger partial charge on any atom is -0.336 e. The van der Waals surface area contributed by atoms with E-state index in [2.05, 4.69) is 41.4 Å². The monoisotopic (exact) mass is 314 g/mol. The Hall–Kier alpha value is -1.35. The summed E-state index contributed by atoms with van der Waals surface area (Å²) in [5.74, 6) is 1.76. The molecule has 1 aliphatic heterocycles. The number of hydrogen-bond donors (Lipinski definition) is 1. The molecule has 1 aromatic carbocycles. The molecule has 2 atom stereocenters. The van der Waals surface area contributed by atoms with Crippen LogP contribution < -0.4 is 5.32 Å². The standard InChI is InChI=1S/C20H30N2O/c1-16(19-8-3-2-4-9-19)22(15-18-6-5-7-18)20(23)11-10-17-12-13-21-14-17/h2-4,8-9,16-18,21H,5-7,10-15H2,1H3. The van der Waals surface area contributed by atoms with Crippen molar-refractivity contribution in [2.75, 3.05) is 19.6 Å². The first-order valence-corrected chi connectivity index (χ1v) is 9.29. The van der Waals surface area contributed by atoms with Gasteiger partial charge in [-0.1, -0.05) is 36.8 Å². The largest absolute Gasteiger partial charge is 0.336 e. The summed E-state index contributed by atoms with van der Waals surface area (Å²) in [7, 11) is 0. The number of carbonyl (C=O) groups is 1. The molecule has 2 fully saturated rings. The van der Waals surface area contributed by atoms with E-state index in [4.69, 9.17) is 0 Å². The predicted molar refractivity (Wildman–Crippen MR) is 94.1 cm³/mol. The fraction of sp³-hybridized carbons (Fsp3) is 0.650. The van der Waals surface area contributed by atoms with E-state index in [0.717, 1.165) is 32.0 Å². The molecule has 1 N–H and O–H groups in total. The lowest BCUT2D eigenvalue weighted by molar-refractivity contribution is -0.135. The van der Waals surface area contributed by atoms with E-state index in [1.165, 1.54) is 31.2 Å². The zero-order chi connectivity index (χ0) is 16.1. The molecule has 0 radical (unpaired) electrons. The minimum absolute atomic E-state index is 0.186. The van der Waals surface area contributed by atoms with Crippen molar-refractivity contribution in [1.82, 2.24) is 10.2 Å². The minimum atomic E-state index is 0.186. The van der Waals surface area contributed by atoms with Gasteiger partial charge in [-0.05, 0) is 63.1 Å². The maximum Gasteiger partial charge on any atom is 0.223 e. The summed E-state index contributed by atoms with van der Waals surface area (Å²) < 4.78 is 0. The van der Waals surface area contributed by atoms with Gasteiger partial charge in [-0.2, -0.15) is 0 Å². The van der Waals surface area contributed by atoms with Crippen molar-refractivity contribution < 1.29 is 4.79 Å². The van der Waals surface area contributed by atoms with Gasteiger partial charge in [-0.25, -0.2) is 0 Å². The number of nitrogens with zero attached hydrogens (tertiary/aromatic N) is 1. The smallest absolute Gasteiger partial charge is 0.223 e. The molecule has 0 bridgehead atoms. The summed E-state index contributed by atoms with van der Waals surface area (Å²) >= 11 is 0. The van der Waals surface area contributed by atoms with Crippen LogP contribution in [0, 0.1) is 11.8 Å². The maximum atomic E-state index is 12.9. The van der Waals surface area contributed by atoms with Crippen LogP contribution in [0.3, 0.4) is 0 Å². The summed E-state index contributed by atoms with van der Waals surface area (Å²) in [6.45, 7) is 5.33. The molecule has 1 saturated heterocycles. The fourth-order valence-electron chi connectivity index (χ4n) is 3.77. The van der Waals surface area contributed by atoms with E-state index in [1.54, 1.807) is 0 Å². The Labute approximate surface area is 140 Å². The molecular formula is C20H30N2O. The van der Waals surface area contributed by atoms with Gasteiger partial charge in [0.25, 0.3) is 0 Å². The molecule has 0 aromatic heterocycles. The van der Waals surface area contributed by atoms with Crippen molar-refractivity contribution in [1.29, 1.82) is 0 Å². The summed E-state index contributed by atoms with van der Waals surface area (Å²) in [4.78, 5) is 15.1. The highest BCUT2D eigenvalue weighted by molar-refractivity contribution is 5.76. The van der Waals surface area contributed by atoms with Crippen molar-refractivity contribution in [3.63, 3.8) is 0 Å². The van der Waals surface area contributed by atoms with E-state index in [1.807, 2.05) is 6.07 Å². The first-order valence-electron chi connectivity index (χ1n) is 9.29. The highest BCUT2D eigenvalue weighted by Crippen LogP contribution is 2.31. The molecular weight excluding hydrogens is 284 g/mol. The normalized spacial score (nSPS) is 22.6. The molecule has 2 unspecified atom stereocenters. The van der Waals surface area contributed by atoms with Crippen LogP contribution in [0.15, 0.2) is 30.3 Å². The second kappa shape index (κ2) is 7.96. The van der Waals surface area contributed by atoms with Crippen molar-refractivity contribution in [3.05, 3.63) is 35.9 Å². The molecule has 1 aliphatic carbocycles.